The zero-order valence-electron chi connectivity index (χ0n) is 15.1. The number of rotatable bonds is 3. The molecule has 1 aliphatic heterocycles. The van der Waals surface area contributed by atoms with Gasteiger partial charge in [0, 0.05) is 23.6 Å². The first kappa shape index (κ1) is 16.1. The van der Waals surface area contributed by atoms with Crippen molar-refractivity contribution in [3.63, 3.8) is 0 Å². The number of benzene rings is 1. The number of nitrogens with zero attached hydrogens (tertiary/aromatic N) is 3. The molecule has 136 valence electrons. The molecule has 2 atom stereocenters. The van der Waals surface area contributed by atoms with Crippen molar-refractivity contribution in [2.75, 3.05) is 5.32 Å². The molecule has 0 bridgehead atoms. The number of carbonyl (C=O) groups is 1. The van der Waals surface area contributed by atoms with Gasteiger partial charge in [-0.05, 0) is 36.1 Å². The largest absolute Gasteiger partial charge is 0.469 e. The number of aromatic nitrogens is 3. The molecule has 5 rings (SSSR count). The molecule has 3 heterocycles. The summed E-state index contributed by atoms with van der Waals surface area (Å²) in [4.78, 5) is 17.5. The molecule has 2 aromatic heterocycles. The van der Waals surface area contributed by atoms with Crippen molar-refractivity contribution < 1.29 is 9.21 Å². The lowest BCUT2D eigenvalue weighted by molar-refractivity contribution is -0.117. The fraction of sp³-hybridized carbons (Fsp3) is 0.286. The van der Waals surface area contributed by atoms with Gasteiger partial charge in [-0.25, -0.2) is 4.68 Å². The second-order valence-corrected chi connectivity index (χ2v) is 7.09. The van der Waals surface area contributed by atoms with Crippen LogP contribution in [0.4, 0.5) is 5.95 Å². The number of hydrogen-bond donors (Lipinski definition) is 1. The minimum Gasteiger partial charge on any atom is -0.469 e. The third-order valence-corrected chi connectivity index (χ3v) is 5.51. The second kappa shape index (κ2) is 6.23. The lowest BCUT2D eigenvalue weighted by Crippen LogP contribution is -2.33. The fourth-order valence-electron chi connectivity index (χ4n) is 4.12. The van der Waals surface area contributed by atoms with Gasteiger partial charge in [-0.2, -0.15) is 10.1 Å². The number of fused-ring (bicyclic) bond motifs is 1. The number of furan rings is 1. The molecular formula is C21H20N4O2. The Labute approximate surface area is 156 Å². The number of ketones is 1. The van der Waals surface area contributed by atoms with E-state index >= 15 is 0 Å². The molecule has 1 N–H and O–H groups in total. The van der Waals surface area contributed by atoms with Crippen LogP contribution in [0.25, 0.3) is 0 Å². The van der Waals surface area contributed by atoms with Crippen molar-refractivity contribution >= 4 is 11.7 Å². The average Bonchev–Trinajstić information content (AvgIpc) is 3.38. The van der Waals surface area contributed by atoms with E-state index in [1.165, 1.54) is 11.9 Å². The number of nitrogens with one attached hydrogen (secondary N) is 1. The van der Waals surface area contributed by atoms with E-state index in [-0.39, 0.29) is 17.7 Å². The Morgan fingerprint density at radius 1 is 1.22 bits per heavy atom. The topological polar surface area (TPSA) is 73.0 Å². The van der Waals surface area contributed by atoms with E-state index in [0.29, 0.717) is 12.4 Å². The Kier molecular flexibility index (Phi) is 3.70. The minimum absolute atomic E-state index is 0.0522. The summed E-state index contributed by atoms with van der Waals surface area (Å²) in [5.74, 6) is 1.71. The predicted molar refractivity (Wildman–Crippen MR) is 100 cm³/mol. The van der Waals surface area contributed by atoms with Crippen LogP contribution in [-0.2, 0) is 11.2 Å². The highest BCUT2D eigenvalue weighted by Crippen LogP contribution is 2.43. The van der Waals surface area contributed by atoms with Gasteiger partial charge in [-0.1, -0.05) is 31.2 Å². The van der Waals surface area contributed by atoms with Gasteiger partial charge in [-0.3, -0.25) is 4.79 Å². The van der Waals surface area contributed by atoms with Crippen molar-refractivity contribution in [2.24, 2.45) is 0 Å². The highest BCUT2D eigenvalue weighted by molar-refractivity contribution is 6.00. The normalized spacial score (nSPS) is 21.6. The van der Waals surface area contributed by atoms with Crippen LogP contribution in [0.5, 0.6) is 0 Å². The summed E-state index contributed by atoms with van der Waals surface area (Å²) >= 11 is 0. The molecule has 1 aliphatic carbocycles. The number of aryl methyl sites for hydroxylation is 1. The van der Waals surface area contributed by atoms with Crippen LogP contribution in [0.15, 0.2) is 64.7 Å². The summed E-state index contributed by atoms with van der Waals surface area (Å²) in [6, 6.07) is 12.0. The van der Waals surface area contributed by atoms with Gasteiger partial charge in [0.25, 0.3) is 0 Å². The first-order chi connectivity index (χ1) is 13.2. The van der Waals surface area contributed by atoms with Crippen LogP contribution in [0.2, 0.25) is 0 Å². The molecule has 0 unspecified atom stereocenters. The number of hydrogen-bond acceptors (Lipinski definition) is 5. The zero-order valence-corrected chi connectivity index (χ0v) is 15.1. The van der Waals surface area contributed by atoms with Gasteiger partial charge >= 0.3 is 0 Å². The van der Waals surface area contributed by atoms with Gasteiger partial charge in [0.05, 0.1) is 6.26 Å². The highest BCUT2D eigenvalue weighted by Gasteiger charge is 2.39. The van der Waals surface area contributed by atoms with Gasteiger partial charge < -0.3 is 9.73 Å². The molecule has 1 aromatic carbocycles. The van der Waals surface area contributed by atoms with Crippen LogP contribution in [0.1, 0.15) is 48.6 Å². The lowest BCUT2D eigenvalue weighted by atomic mass is 9.79. The van der Waals surface area contributed by atoms with Crippen LogP contribution < -0.4 is 5.32 Å². The predicted octanol–water partition coefficient (Wildman–Crippen LogP) is 3.85. The molecule has 2 aliphatic rings. The zero-order chi connectivity index (χ0) is 18.4. The van der Waals surface area contributed by atoms with Crippen molar-refractivity contribution in [3.05, 3.63) is 77.1 Å². The quantitative estimate of drug-likeness (QED) is 0.768. The van der Waals surface area contributed by atoms with E-state index in [9.17, 15) is 4.79 Å². The molecule has 6 heteroatoms. The first-order valence-corrected chi connectivity index (χ1v) is 9.29. The molecule has 0 radical (unpaired) electrons. The van der Waals surface area contributed by atoms with E-state index in [1.54, 1.807) is 6.26 Å². The van der Waals surface area contributed by atoms with Crippen molar-refractivity contribution in [1.82, 2.24) is 14.8 Å². The smallest absolute Gasteiger partial charge is 0.226 e. The van der Waals surface area contributed by atoms with Crippen LogP contribution in [0.3, 0.4) is 0 Å². The molecule has 6 nitrogen and oxygen atoms in total. The maximum atomic E-state index is 13.2. The summed E-state index contributed by atoms with van der Waals surface area (Å²) in [6.45, 7) is 2.13. The third kappa shape index (κ3) is 2.60. The van der Waals surface area contributed by atoms with E-state index in [0.717, 1.165) is 35.4 Å². The van der Waals surface area contributed by atoms with Gasteiger partial charge in [0.1, 0.15) is 18.1 Å². The van der Waals surface area contributed by atoms with E-state index in [4.69, 9.17) is 4.42 Å². The standard InChI is InChI=1S/C21H20N4O2/c1-2-13-5-7-14(8-6-13)20-19-16(24-21-22-12-23-25(20)21)10-15(11-17(19)26)18-4-3-9-27-18/h3-9,12,15,20H,2,10-11H2,1H3,(H,22,23,24)/t15-,20-/m1/s1. The van der Waals surface area contributed by atoms with Crippen LogP contribution in [-0.4, -0.2) is 20.5 Å². The summed E-state index contributed by atoms with van der Waals surface area (Å²) in [5.41, 5.74) is 4.05. The monoisotopic (exact) mass is 360 g/mol. The number of Topliss-reactive ketones (excluding diaryl/α,β-unsaturated/α-hetero) is 1. The summed E-state index contributed by atoms with van der Waals surface area (Å²) in [5, 5.41) is 7.72. The number of anilines is 1. The lowest BCUT2D eigenvalue weighted by Gasteiger charge is -2.34. The highest BCUT2D eigenvalue weighted by atomic mass is 16.3. The Balaban J connectivity index is 1.60. The Morgan fingerprint density at radius 3 is 2.81 bits per heavy atom. The summed E-state index contributed by atoms with van der Waals surface area (Å²) < 4.78 is 7.37. The molecule has 0 saturated carbocycles. The number of carbonyl (C=O) groups excluding carboxylic acids is 1. The maximum Gasteiger partial charge on any atom is 0.226 e. The molecule has 0 spiro atoms. The van der Waals surface area contributed by atoms with Crippen molar-refractivity contribution in [3.8, 4) is 0 Å². The molecule has 3 aromatic rings. The first-order valence-electron chi connectivity index (χ1n) is 9.29. The van der Waals surface area contributed by atoms with E-state index in [1.807, 2.05) is 16.8 Å². The maximum absolute atomic E-state index is 13.2. The molecular weight excluding hydrogens is 340 g/mol. The summed E-state index contributed by atoms with van der Waals surface area (Å²) in [6.07, 6.45) is 5.35. The molecule has 0 saturated heterocycles. The van der Waals surface area contributed by atoms with Gasteiger partial charge in [0.15, 0.2) is 5.78 Å². The van der Waals surface area contributed by atoms with Crippen LogP contribution in [0, 0.1) is 0 Å². The average molecular weight is 360 g/mol. The van der Waals surface area contributed by atoms with E-state index < -0.39 is 0 Å². The van der Waals surface area contributed by atoms with Gasteiger partial charge in [0.2, 0.25) is 5.95 Å². The second-order valence-electron chi connectivity index (χ2n) is 7.09. The van der Waals surface area contributed by atoms with Gasteiger partial charge in [-0.15, -0.1) is 0 Å². The number of allylic oxidation sites excluding steroid dienone is 2. The van der Waals surface area contributed by atoms with Crippen LogP contribution >= 0.6 is 0 Å². The minimum atomic E-state index is -0.241. The molecule has 27 heavy (non-hydrogen) atoms. The van der Waals surface area contributed by atoms with Crippen molar-refractivity contribution in [2.45, 2.75) is 38.1 Å². The van der Waals surface area contributed by atoms with Crippen molar-refractivity contribution in [1.29, 1.82) is 0 Å². The Bertz CT molecular complexity index is 1010. The Morgan fingerprint density at radius 2 is 2.07 bits per heavy atom. The SMILES string of the molecule is CCc1ccc([C@@H]2C3=C(C[C@@H](c4ccco4)CC3=O)Nc3ncnn32)cc1. The molecule has 0 amide bonds. The Hall–Kier alpha value is -3.15. The molecule has 0 fully saturated rings. The third-order valence-electron chi connectivity index (χ3n) is 5.51. The fourth-order valence-corrected chi connectivity index (χ4v) is 4.12. The summed E-state index contributed by atoms with van der Waals surface area (Å²) in [7, 11) is 0. The van der Waals surface area contributed by atoms with E-state index in [2.05, 4.69) is 46.6 Å².